The molecule has 0 bridgehead atoms. The van der Waals surface area contributed by atoms with Gasteiger partial charge in [-0.3, -0.25) is 0 Å². The van der Waals surface area contributed by atoms with Gasteiger partial charge in [-0.1, -0.05) is 0 Å². The minimum absolute atomic E-state index is 0.0276. The van der Waals surface area contributed by atoms with Crippen molar-refractivity contribution < 1.29 is 14.4 Å². The highest BCUT2D eigenvalue weighted by Gasteiger charge is 1.85. The van der Waals surface area contributed by atoms with E-state index >= 15 is 0 Å². The fourth-order valence-corrected chi connectivity index (χ4v) is 0.169. The lowest BCUT2D eigenvalue weighted by Gasteiger charge is -1.93. The van der Waals surface area contributed by atoms with Gasteiger partial charge in [-0.25, -0.2) is 0 Å². The average Bonchev–Trinajstić information content (AvgIpc) is 1.69. The Bertz CT molecular complexity index is 29.4. The summed E-state index contributed by atoms with van der Waals surface area (Å²) in [6.07, 6.45) is 0. The summed E-state index contributed by atoms with van der Waals surface area (Å²) in [7, 11) is 2.66. The minimum atomic E-state index is 0.0276. The molecule has 0 rings (SSSR count). The van der Waals surface area contributed by atoms with Crippen LogP contribution in [0.5, 0.6) is 0 Å². The molecule has 0 heterocycles. The normalized spacial score (nSPS) is 8.86. The van der Waals surface area contributed by atoms with E-state index in [2.05, 4.69) is 9.31 Å². The van der Waals surface area contributed by atoms with Crippen LogP contribution in [0.25, 0.3) is 0 Å². The van der Waals surface area contributed by atoms with Gasteiger partial charge in [-0.15, -0.1) is 0 Å². The summed E-state index contributed by atoms with van der Waals surface area (Å²) in [5.41, 5.74) is 0. The minimum Gasteiger partial charge on any atom is -0.416 e. The summed E-state index contributed by atoms with van der Waals surface area (Å²) in [5.74, 6) is 0. The molecule has 4 heteroatoms. The molecule has 41 valence electrons. The first-order valence-corrected chi connectivity index (χ1v) is 1.98. The third-order valence-electron chi connectivity index (χ3n) is 0.373. The Morgan fingerprint density at radius 1 is 1.71 bits per heavy atom. The van der Waals surface area contributed by atoms with Crippen LogP contribution in [0.15, 0.2) is 0 Å². The Morgan fingerprint density at radius 3 is 2.86 bits per heavy atom. The van der Waals surface area contributed by atoms with E-state index in [1.54, 1.807) is 0 Å². The molecule has 0 amide bonds. The van der Waals surface area contributed by atoms with Crippen LogP contribution in [0.3, 0.4) is 0 Å². The molecule has 3 nitrogen and oxygen atoms in total. The lowest BCUT2D eigenvalue weighted by molar-refractivity contribution is 0.181. The number of hydrogen-bond donors (Lipinski definition) is 1. The zero-order chi connectivity index (χ0) is 5.54. The molecular formula is C3H8BO3. The van der Waals surface area contributed by atoms with Crippen LogP contribution in [0.2, 0.25) is 0 Å². The fourth-order valence-electron chi connectivity index (χ4n) is 0.169. The van der Waals surface area contributed by atoms with E-state index in [-0.39, 0.29) is 6.61 Å². The van der Waals surface area contributed by atoms with Gasteiger partial charge in [0, 0.05) is 7.11 Å². The predicted molar refractivity (Wildman–Crippen MR) is 25.8 cm³/mol. The fraction of sp³-hybridized carbons (Fsp3) is 1.00. The van der Waals surface area contributed by atoms with Crippen LogP contribution in [-0.2, 0) is 9.31 Å². The van der Waals surface area contributed by atoms with Crippen LogP contribution < -0.4 is 0 Å². The van der Waals surface area contributed by atoms with E-state index in [0.29, 0.717) is 6.61 Å². The largest absolute Gasteiger partial charge is 0.487 e. The summed E-state index contributed by atoms with van der Waals surface area (Å²) in [4.78, 5) is 0. The van der Waals surface area contributed by atoms with Crippen molar-refractivity contribution >= 4 is 7.69 Å². The molecule has 0 atom stereocenters. The van der Waals surface area contributed by atoms with Gasteiger partial charge in [0.2, 0.25) is 0 Å². The van der Waals surface area contributed by atoms with E-state index in [0.717, 1.165) is 0 Å². The Labute approximate surface area is 43.5 Å². The van der Waals surface area contributed by atoms with Crippen LogP contribution in [0.4, 0.5) is 0 Å². The van der Waals surface area contributed by atoms with Crippen molar-refractivity contribution in [3.05, 3.63) is 0 Å². The summed E-state index contributed by atoms with van der Waals surface area (Å²) >= 11 is 0. The van der Waals surface area contributed by atoms with Gasteiger partial charge in [-0.2, -0.15) is 0 Å². The maximum Gasteiger partial charge on any atom is 0.487 e. The third kappa shape index (κ3) is 5.94. The second kappa shape index (κ2) is 5.94. The van der Waals surface area contributed by atoms with Crippen molar-refractivity contribution in [1.82, 2.24) is 0 Å². The van der Waals surface area contributed by atoms with Gasteiger partial charge in [0.05, 0.1) is 13.2 Å². The molecular weight excluding hydrogens is 94.8 g/mol. The summed E-state index contributed by atoms with van der Waals surface area (Å²) < 4.78 is 8.92. The van der Waals surface area contributed by atoms with Crippen molar-refractivity contribution in [1.29, 1.82) is 0 Å². The van der Waals surface area contributed by atoms with Gasteiger partial charge >= 0.3 is 7.69 Å². The van der Waals surface area contributed by atoms with Crippen molar-refractivity contribution in [2.24, 2.45) is 0 Å². The maximum atomic E-state index is 8.09. The van der Waals surface area contributed by atoms with Crippen molar-refractivity contribution in [2.45, 2.75) is 0 Å². The first-order chi connectivity index (χ1) is 3.41. The van der Waals surface area contributed by atoms with Crippen molar-refractivity contribution in [2.75, 3.05) is 20.3 Å². The average molecular weight is 103 g/mol. The van der Waals surface area contributed by atoms with E-state index in [4.69, 9.17) is 5.11 Å². The van der Waals surface area contributed by atoms with Crippen LogP contribution in [-0.4, -0.2) is 33.1 Å². The van der Waals surface area contributed by atoms with Gasteiger partial charge in [0.15, 0.2) is 0 Å². The number of aliphatic hydroxyl groups is 1. The molecule has 1 radical (unpaired) electrons. The molecule has 0 aromatic rings. The molecule has 0 saturated heterocycles. The summed E-state index contributed by atoms with van der Waals surface area (Å²) in [6.45, 7) is 0.327. The second-order valence-electron chi connectivity index (χ2n) is 0.926. The van der Waals surface area contributed by atoms with Gasteiger partial charge in [0.25, 0.3) is 0 Å². The summed E-state index contributed by atoms with van der Waals surface area (Å²) in [6, 6.07) is 0. The Kier molecular flexibility index (Phi) is 5.90. The smallest absolute Gasteiger partial charge is 0.416 e. The van der Waals surface area contributed by atoms with E-state index in [1.807, 2.05) is 0 Å². The molecule has 0 aliphatic rings. The topological polar surface area (TPSA) is 38.7 Å². The Balaban J connectivity index is 2.45. The zero-order valence-corrected chi connectivity index (χ0v) is 4.26. The Morgan fingerprint density at radius 2 is 2.43 bits per heavy atom. The SMILES string of the molecule is CO[B]OCCO. The molecule has 0 fully saturated rings. The lowest BCUT2D eigenvalue weighted by atomic mass is 10.4. The van der Waals surface area contributed by atoms with Crippen molar-refractivity contribution in [3.8, 4) is 0 Å². The molecule has 0 aromatic carbocycles. The standard InChI is InChI=1S/C3H8BO3/c1-6-4-7-3-2-5/h5H,2-3H2,1H3. The highest BCUT2D eigenvalue weighted by Crippen LogP contribution is 1.66. The van der Waals surface area contributed by atoms with Gasteiger partial charge in [-0.05, 0) is 0 Å². The monoisotopic (exact) mass is 103 g/mol. The van der Waals surface area contributed by atoms with Crippen LogP contribution in [0.1, 0.15) is 0 Å². The predicted octanol–water partition coefficient (Wildman–Crippen LogP) is -0.824. The maximum absolute atomic E-state index is 8.09. The van der Waals surface area contributed by atoms with Gasteiger partial charge < -0.3 is 14.4 Å². The summed E-state index contributed by atoms with van der Waals surface area (Å²) in [5, 5.41) is 8.09. The van der Waals surface area contributed by atoms with E-state index in [1.165, 1.54) is 14.8 Å². The first kappa shape index (κ1) is 6.94. The lowest BCUT2D eigenvalue weighted by Crippen LogP contribution is -2.05. The van der Waals surface area contributed by atoms with Crippen molar-refractivity contribution in [3.63, 3.8) is 0 Å². The molecule has 7 heavy (non-hydrogen) atoms. The molecule has 0 spiro atoms. The molecule has 0 aliphatic carbocycles. The quantitative estimate of drug-likeness (QED) is 0.373. The number of hydrogen-bond acceptors (Lipinski definition) is 3. The Hall–Kier alpha value is -0.0551. The zero-order valence-electron chi connectivity index (χ0n) is 4.26. The highest BCUT2D eigenvalue weighted by molar-refractivity contribution is 6.17. The molecule has 0 aliphatic heterocycles. The van der Waals surface area contributed by atoms with Crippen LogP contribution in [0, 0.1) is 0 Å². The van der Waals surface area contributed by atoms with Crippen LogP contribution >= 0.6 is 0 Å². The molecule has 0 saturated carbocycles. The molecule has 0 unspecified atom stereocenters. The third-order valence-corrected chi connectivity index (χ3v) is 0.373. The molecule has 0 aromatic heterocycles. The van der Waals surface area contributed by atoms with Gasteiger partial charge in [0.1, 0.15) is 0 Å². The second-order valence-corrected chi connectivity index (χ2v) is 0.926. The first-order valence-electron chi connectivity index (χ1n) is 1.98. The van der Waals surface area contributed by atoms with E-state index in [9.17, 15) is 0 Å². The highest BCUT2D eigenvalue weighted by atomic mass is 16.6. The number of rotatable bonds is 4. The van der Waals surface area contributed by atoms with E-state index < -0.39 is 0 Å². The number of aliphatic hydroxyl groups excluding tert-OH is 1. The molecule has 1 N–H and O–H groups in total.